The van der Waals surface area contributed by atoms with Crippen LogP contribution in [0.25, 0.3) is 11.1 Å². The van der Waals surface area contributed by atoms with Gasteiger partial charge in [0, 0.05) is 44.5 Å². The van der Waals surface area contributed by atoms with Crippen molar-refractivity contribution in [2.24, 2.45) is 0 Å². The number of aromatic nitrogens is 1. The number of oxazole rings is 1. The Kier molecular flexibility index (Phi) is 3.22. The SMILES string of the molecule is C[C@H]1CNCCN1c1cc(N2CCCC2)c2ocnc2c1. The molecule has 21 heavy (non-hydrogen) atoms. The minimum atomic E-state index is 0.509. The van der Waals surface area contributed by atoms with E-state index >= 15 is 0 Å². The number of nitrogens with zero attached hydrogens (tertiary/aromatic N) is 3. The number of hydrogen-bond donors (Lipinski definition) is 1. The fourth-order valence-electron chi connectivity index (χ4n) is 3.52. The summed E-state index contributed by atoms with van der Waals surface area (Å²) >= 11 is 0. The Bertz CT molecular complexity index is 632. The van der Waals surface area contributed by atoms with Crippen LogP contribution in [0.15, 0.2) is 22.9 Å². The monoisotopic (exact) mass is 286 g/mol. The van der Waals surface area contributed by atoms with Crippen molar-refractivity contribution in [1.29, 1.82) is 0 Å². The fourth-order valence-corrected chi connectivity index (χ4v) is 3.52. The average Bonchev–Trinajstić information content (AvgIpc) is 3.18. The second-order valence-electron chi connectivity index (χ2n) is 6.11. The van der Waals surface area contributed by atoms with E-state index < -0.39 is 0 Å². The minimum absolute atomic E-state index is 0.509. The van der Waals surface area contributed by atoms with Gasteiger partial charge in [-0.15, -0.1) is 0 Å². The molecule has 0 saturated carbocycles. The predicted molar refractivity (Wildman–Crippen MR) is 85.1 cm³/mol. The zero-order valence-corrected chi connectivity index (χ0v) is 12.5. The molecule has 5 heteroatoms. The summed E-state index contributed by atoms with van der Waals surface area (Å²) in [7, 11) is 0. The molecule has 3 heterocycles. The number of nitrogens with one attached hydrogen (secondary N) is 1. The first-order valence-electron chi connectivity index (χ1n) is 7.92. The fraction of sp³-hybridized carbons (Fsp3) is 0.562. The standard InChI is InChI=1S/C16H22N4O/c1-12-10-17-4-7-20(12)13-8-14-16(21-11-18-14)15(9-13)19-5-2-3-6-19/h8-9,11-12,17H,2-7,10H2,1H3/t12-/m0/s1. The van der Waals surface area contributed by atoms with Crippen LogP contribution in [-0.4, -0.2) is 43.7 Å². The topological polar surface area (TPSA) is 44.5 Å². The van der Waals surface area contributed by atoms with Gasteiger partial charge in [-0.05, 0) is 31.9 Å². The van der Waals surface area contributed by atoms with Crippen molar-refractivity contribution < 1.29 is 4.42 Å². The van der Waals surface area contributed by atoms with Gasteiger partial charge in [0.15, 0.2) is 12.0 Å². The number of piperazine rings is 1. The van der Waals surface area contributed by atoms with Gasteiger partial charge in [0.25, 0.3) is 0 Å². The van der Waals surface area contributed by atoms with Crippen molar-refractivity contribution in [3.8, 4) is 0 Å². The van der Waals surface area contributed by atoms with Crippen molar-refractivity contribution in [3.63, 3.8) is 0 Å². The molecule has 1 aromatic heterocycles. The van der Waals surface area contributed by atoms with Gasteiger partial charge in [0.1, 0.15) is 5.52 Å². The Morgan fingerprint density at radius 2 is 2.10 bits per heavy atom. The van der Waals surface area contributed by atoms with E-state index in [1.807, 2.05) is 0 Å². The van der Waals surface area contributed by atoms with Crippen LogP contribution in [-0.2, 0) is 0 Å². The minimum Gasteiger partial charge on any atom is -0.441 e. The molecule has 112 valence electrons. The van der Waals surface area contributed by atoms with Gasteiger partial charge in [-0.3, -0.25) is 0 Å². The Morgan fingerprint density at radius 1 is 1.24 bits per heavy atom. The lowest BCUT2D eigenvalue weighted by molar-refractivity contribution is 0.501. The Balaban J connectivity index is 1.78. The molecule has 0 unspecified atom stereocenters. The highest BCUT2D eigenvalue weighted by atomic mass is 16.3. The Morgan fingerprint density at radius 3 is 2.90 bits per heavy atom. The summed E-state index contributed by atoms with van der Waals surface area (Å²) in [6, 6.07) is 4.97. The van der Waals surface area contributed by atoms with Gasteiger partial charge < -0.3 is 19.5 Å². The lowest BCUT2D eigenvalue weighted by Gasteiger charge is -2.36. The van der Waals surface area contributed by atoms with E-state index in [-0.39, 0.29) is 0 Å². The highest BCUT2D eigenvalue weighted by molar-refractivity contribution is 5.90. The van der Waals surface area contributed by atoms with Gasteiger partial charge in [0.05, 0.1) is 5.69 Å². The Hall–Kier alpha value is -1.75. The molecule has 2 aliphatic rings. The molecule has 5 nitrogen and oxygen atoms in total. The molecule has 1 aromatic carbocycles. The molecule has 0 radical (unpaired) electrons. The molecule has 0 bridgehead atoms. The third-order valence-electron chi connectivity index (χ3n) is 4.68. The summed E-state index contributed by atoms with van der Waals surface area (Å²) < 4.78 is 5.65. The van der Waals surface area contributed by atoms with E-state index in [0.717, 1.165) is 43.8 Å². The second kappa shape index (κ2) is 5.22. The van der Waals surface area contributed by atoms with Crippen LogP contribution in [0.1, 0.15) is 19.8 Å². The van der Waals surface area contributed by atoms with E-state index in [1.165, 1.54) is 24.2 Å². The lowest BCUT2D eigenvalue weighted by atomic mass is 10.1. The van der Waals surface area contributed by atoms with Crippen molar-refractivity contribution in [3.05, 3.63) is 18.5 Å². The smallest absolute Gasteiger partial charge is 0.182 e. The molecule has 1 atom stereocenters. The molecule has 2 aliphatic heterocycles. The van der Waals surface area contributed by atoms with Gasteiger partial charge in [-0.25, -0.2) is 4.98 Å². The van der Waals surface area contributed by atoms with Gasteiger partial charge in [-0.1, -0.05) is 0 Å². The van der Waals surface area contributed by atoms with E-state index in [2.05, 4.69) is 39.2 Å². The highest BCUT2D eigenvalue weighted by Crippen LogP contribution is 2.34. The first-order chi connectivity index (χ1) is 10.3. The summed E-state index contributed by atoms with van der Waals surface area (Å²) in [5, 5.41) is 3.45. The van der Waals surface area contributed by atoms with E-state index in [1.54, 1.807) is 6.39 Å². The molecular weight excluding hydrogens is 264 g/mol. The molecular formula is C16H22N4O. The van der Waals surface area contributed by atoms with Crippen LogP contribution < -0.4 is 15.1 Å². The maximum atomic E-state index is 5.65. The lowest BCUT2D eigenvalue weighted by Crippen LogP contribution is -2.49. The third kappa shape index (κ3) is 2.25. The van der Waals surface area contributed by atoms with Crippen LogP contribution in [0.2, 0.25) is 0 Å². The van der Waals surface area contributed by atoms with Gasteiger partial charge in [-0.2, -0.15) is 0 Å². The van der Waals surface area contributed by atoms with Crippen molar-refractivity contribution >= 4 is 22.5 Å². The van der Waals surface area contributed by atoms with Crippen molar-refractivity contribution in [1.82, 2.24) is 10.3 Å². The first-order valence-corrected chi connectivity index (χ1v) is 7.92. The number of fused-ring (bicyclic) bond motifs is 1. The van der Waals surface area contributed by atoms with E-state index in [9.17, 15) is 0 Å². The summed E-state index contributed by atoms with van der Waals surface area (Å²) in [6.07, 6.45) is 4.10. The molecule has 2 fully saturated rings. The zero-order chi connectivity index (χ0) is 14.2. The van der Waals surface area contributed by atoms with Gasteiger partial charge >= 0.3 is 0 Å². The zero-order valence-electron chi connectivity index (χ0n) is 12.5. The highest BCUT2D eigenvalue weighted by Gasteiger charge is 2.23. The molecule has 1 N–H and O–H groups in total. The average molecular weight is 286 g/mol. The largest absolute Gasteiger partial charge is 0.441 e. The number of hydrogen-bond acceptors (Lipinski definition) is 5. The Labute approximate surface area is 124 Å². The van der Waals surface area contributed by atoms with E-state index in [0.29, 0.717) is 6.04 Å². The van der Waals surface area contributed by atoms with Gasteiger partial charge in [0.2, 0.25) is 0 Å². The number of benzene rings is 1. The van der Waals surface area contributed by atoms with Crippen LogP contribution in [0.5, 0.6) is 0 Å². The van der Waals surface area contributed by atoms with Crippen molar-refractivity contribution in [2.45, 2.75) is 25.8 Å². The first kappa shape index (κ1) is 13.0. The number of anilines is 2. The molecule has 0 spiro atoms. The van der Waals surface area contributed by atoms with Crippen LogP contribution in [0, 0.1) is 0 Å². The molecule has 0 aliphatic carbocycles. The number of rotatable bonds is 2. The summed E-state index contributed by atoms with van der Waals surface area (Å²) in [6.45, 7) is 7.64. The summed E-state index contributed by atoms with van der Waals surface area (Å²) in [5.74, 6) is 0. The quantitative estimate of drug-likeness (QED) is 0.917. The van der Waals surface area contributed by atoms with Crippen LogP contribution >= 0.6 is 0 Å². The van der Waals surface area contributed by atoms with Crippen LogP contribution in [0.4, 0.5) is 11.4 Å². The molecule has 0 amide bonds. The maximum absolute atomic E-state index is 5.65. The maximum Gasteiger partial charge on any atom is 0.182 e. The molecule has 4 rings (SSSR count). The predicted octanol–water partition coefficient (Wildman–Crippen LogP) is 2.23. The normalized spacial score (nSPS) is 23.2. The third-order valence-corrected chi connectivity index (χ3v) is 4.68. The van der Waals surface area contributed by atoms with Crippen molar-refractivity contribution in [2.75, 3.05) is 42.5 Å². The molecule has 2 saturated heterocycles. The second-order valence-corrected chi connectivity index (χ2v) is 6.11. The van der Waals surface area contributed by atoms with Crippen LogP contribution in [0.3, 0.4) is 0 Å². The molecule has 2 aromatic rings. The van der Waals surface area contributed by atoms with E-state index in [4.69, 9.17) is 4.42 Å². The summed E-state index contributed by atoms with van der Waals surface area (Å²) in [5.41, 5.74) is 4.39. The summed E-state index contributed by atoms with van der Waals surface area (Å²) in [4.78, 5) is 9.31.